The van der Waals surface area contributed by atoms with Gasteiger partial charge in [-0.3, -0.25) is 4.79 Å². The van der Waals surface area contributed by atoms with Crippen molar-refractivity contribution in [3.05, 3.63) is 48.5 Å². The van der Waals surface area contributed by atoms with Crippen molar-refractivity contribution in [3.63, 3.8) is 0 Å². The number of sulfone groups is 1. The van der Waals surface area contributed by atoms with E-state index in [1.54, 1.807) is 30.3 Å². The summed E-state index contributed by atoms with van der Waals surface area (Å²) in [5.74, 6) is -0.144. The monoisotopic (exact) mass is 525 g/mol. The molecule has 2 aromatic rings. The Morgan fingerprint density at radius 3 is 2.21 bits per heavy atom. The molecule has 0 aliphatic heterocycles. The van der Waals surface area contributed by atoms with Crippen LogP contribution >= 0.6 is 11.8 Å². The zero-order chi connectivity index (χ0) is 25.0. The van der Waals surface area contributed by atoms with Crippen LogP contribution in [0.3, 0.4) is 0 Å². The maximum Gasteiger partial charge on any atom is 0.501 e. The van der Waals surface area contributed by atoms with Crippen LogP contribution < -0.4 is 10.5 Å². The number of carbonyl (C=O) groups excluding carboxylic acids is 1. The molecule has 0 fully saturated rings. The number of nitrogens with two attached hydrogens (primary N) is 1. The number of sulfonamides is 1. The molecule has 1 amide bonds. The number of primary sulfonamides is 1. The van der Waals surface area contributed by atoms with E-state index in [0.29, 0.717) is 6.07 Å². The van der Waals surface area contributed by atoms with Crippen molar-refractivity contribution in [2.24, 2.45) is 5.14 Å². The van der Waals surface area contributed by atoms with Gasteiger partial charge in [0.05, 0.1) is 10.6 Å². The minimum absolute atomic E-state index is 0.157. The Morgan fingerprint density at radius 2 is 1.70 bits per heavy atom. The van der Waals surface area contributed by atoms with Gasteiger partial charge in [0.25, 0.3) is 9.84 Å². The molecule has 14 heteroatoms. The highest BCUT2D eigenvalue weighted by molar-refractivity contribution is 7.99. The quantitative estimate of drug-likeness (QED) is 0.482. The first kappa shape index (κ1) is 27.0. The Morgan fingerprint density at radius 1 is 1.09 bits per heavy atom. The first-order valence-corrected chi connectivity index (χ1v) is 13.3. The summed E-state index contributed by atoms with van der Waals surface area (Å²) in [7, 11) is -7.40. The Bertz CT molecular complexity index is 1200. The molecule has 0 saturated heterocycles. The van der Waals surface area contributed by atoms with E-state index in [1.165, 1.54) is 30.8 Å². The minimum atomic E-state index is -5.93. The Balaban J connectivity index is 2.49. The van der Waals surface area contributed by atoms with Gasteiger partial charge in [0, 0.05) is 37.2 Å². The number of benzene rings is 2. The zero-order valence-corrected chi connectivity index (χ0v) is 20.0. The van der Waals surface area contributed by atoms with Gasteiger partial charge in [0.2, 0.25) is 15.9 Å². The Kier molecular flexibility index (Phi) is 8.43. The zero-order valence-electron chi connectivity index (χ0n) is 17.5. The lowest BCUT2D eigenvalue weighted by Crippen LogP contribution is -2.33. The van der Waals surface area contributed by atoms with Gasteiger partial charge in [0.1, 0.15) is 4.90 Å². The highest BCUT2D eigenvalue weighted by atomic mass is 32.2. The normalized spacial score (nSPS) is 13.4. The van der Waals surface area contributed by atoms with Gasteiger partial charge < -0.3 is 10.2 Å². The Labute approximate surface area is 194 Å². The summed E-state index contributed by atoms with van der Waals surface area (Å²) in [5.41, 5.74) is -6.18. The number of amides is 1. The van der Waals surface area contributed by atoms with Crippen molar-refractivity contribution in [3.8, 4) is 0 Å². The summed E-state index contributed by atoms with van der Waals surface area (Å²) in [4.78, 5) is 12.3. The molecule has 8 nitrogen and oxygen atoms in total. The number of hydrogen-bond acceptors (Lipinski definition) is 7. The summed E-state index contributed by atoms with van der Waals surface area (Å²) in [6, 6.07) is 10.3. The number of alkyl halides is 3. The molecule has 33 heavy (non-hydrogen) atoms. The number of carbonyl (C=O) groups is 1. The second kappa shape index (κ2) is 10.3. The third-order valence-corrected chi connectivity index (χ3v) is 7.96. The van der Waals surface area contributed by atoms with E-state index in [2.05, 4.69) is 5.32 Å². The second-order valence-electron chi connectivity index (χ2n) is 7.11. The number of halogens is 3. The molecule has 0 radical (unpaired) electrons. The molecule has 0 unspecified atom stereocenters. The lowest BCUT2D eigenvalue weighted by Gasteiger charge is -2.23. The van der Waals surface area contributed by atoms with Crippen molar-refractivity contribution < 1.29 is 34.8 Å². The van der Waals surface area contributed by atoms with Gasteiger partial charge in [-0.25, -0.2) is 22.0 Å². The van der Waals surface area contributed by atoms with Crippen LogP contribution in [0.25, 0.3) is 0 Å². The molecule has 1 atom stereocenters. The molecule has 3 N–H and O–H groups in total. The molecule has 0 aliphatic carbocycles. The van der Waals surface area contributed by atoms with Gasteiger partial charge in [-0.05, 0) is 30.3 Å². The van der Waals surface area contributed by atoms with E-state index < -0.39 is 46.9 Å². The van der Waals surface area contributed by atoms with Crippen molar-refractivity contribution >= 4 is 43.2 Å². The standard InChI is InChI=1S/C19H22F3N3O5S3/c1-25(2)18(26)10-13(12-31-14-6-4-3-5-7-14)24-16-9-8-15(33(23,29)30)11-17(16)32(27,28)19(20,21)22/h3-9,11,13,24H,10,12H2,1-2H3,(H2,23,29,30)/t13-/m1/s1. The molecular formula is C19H22F3N3O5S3. The lowest BCUT2D eigenvalue weighted by molar-refractivity contribution is -0.128. The van der Waals surface area contributed by atoms with Crippen LogP contribution in [-0.4, -0.2) is 59.0 Å². The summed E-state index contributed by atoms with van der Waals surface area (Å²) in [6.07, 6.45) is -0.157. The van der Waals surface area contributed by atoms with Crippen molar-refractivity contribution in [1.82, 2.24) is 4.90 Å². The molecule has 182 valence electrons. The predicted molar refractivity (Wildman–Crippen MR) is 119 cm³/mol. The van der Waals surface area contributed by atoms with Gasteiger partial charge >= 0.3 is 5.51 Å². The molecule has 2 rings (SSSR count). The predicted octanol–water partition coefficient (Wildman–Crippen LogP) is 2.68. The van der Waals surface area contributed by atoms with Crippen molar-refractivity contribution in [2.75, 3.05) is 25.2 Å². The second-order valence-corrected chi connectivity index (χ2v) is 11.7. The summed E-state index contributed by atoms with van der Waals surface area (Å²) < 4.78 is 87.4. The van der Waals surface area contributed by atoms with E-state index in [0.717, 1.165) is 17.0 Å². The molecule has 0 aliphatic rings. The van der Waals surface area contributed by atoms with E-state index in [9.17, 15) is 34.8 Å². The number of thioether (sulfide) groups is 1. The number of nitrogens with zero attached hydrogens (tertiary/aromatic N) is 1. The molecular weight excluding hydrogens is 503 g/mol. The van der Waals surface area contributed by atoms with Gasteiger partial charge in [-0.15, -0.1) is 11.8 Å². The molecule has 0 heterocycles. The average molecular weight is 526 g/mol. The van der Waals surface area contributed by atoms with Crippen molar-refractivity contribution in [2.45, 2.75) is 32.7 Å². The number of hydrogen-bond donors (Lipinski definition) is 2. The fraction of sp³-hybridized carbons (Fsp3) is 0.316. The van der Waals surface area contributed by atoms with Crippen LogP contribution in [0.2, 0.25) is 0 Å². The SMILES string of the molecule is CN(C)C(=O)C[C@H](CSc1ccccc1)Nc1ccc(S(N)(=O)=O)cc1S(=O)(=O)C(F)(F)F. The fourth-order valence-electron chi connectivity index (χ4n) is 2.62. The van der Waals surface area contributed by atoms with E-state index in [1.807, 2.05) is 0 Å². The van der Waals surface area contributed by atoms with Crippen LogP contribution in [0.4, 0.5) is 18.9 Å². The van der Waals surface area contributed by atoms with Crippen molar-refractivity contribution in [1.29, 1.82) is 0 Å². The highest BCUT2D eigenvalue weighted by Gasteiger charge is 2.48. The summed E-state index contributed by atoms with van der Waals surface area (Å²) in [6.45, 7) is 0. The summed E-state index contributed by atoms with van der Waals surface area (Å²) >= 11 is 1.31. The first-order valence-electron chi connectivity index (χ1n) is 9.25. The molecule has 2 aromatic carbocycles. The minimum Gasteiger partial charge on any atom is -0.380 e. The van der Waals surface area contributed by atoms with Crippen LogP contribution in [-0.2, 0) is 24.7 Å². The molecule has 0 spiro atoms. The van der Waals surface area contributed by atoms with Crippen LogP contribution in [0.5, 0.6) is 0 Å². The maximum absolute atomic E-state index is 13.3. The topological polar surface area (TPSA) is 127 Å². The van der Waals surface area contributed by atoms with Crippen LogP contribution in [0, 0.1) is 0 Å². The van der Waals surface area contributed by atoms with E-state index in [4.69, 9.17) is 5.14 Å². The first-order chi connectivity index (χ1) is 15.1. The number of rotatable bonds is 9. The lowest BCUT2D eigenvalue weighted by atomic mass is 10.2. The third kappa shape index (κ3) is 7.09. The third-order valence-electron chi connectivity index (χ3n) is 4.35. The smallest absolute Gasteiger partial charge is 0.380 e. The highest BCUT2D eigenvalue weighted by Crippen LogP contribution is 2.36. The van der Waals surface area contributed by atoms with Gasteiger partial charge in [-0.2, -0.15) is 13.2 Å². The van der Waals surface area contributed by atoms with Gasteiger partial charge in [-0.1, -0.05) is 18.2 Å². The van der Waals surface area contributed by atoms with Crippen LogP contribution in [0.15, 0.2) is 63.2 Å². The summed E-state index contributed by atoms with van der Waals surface area (Å²) in [5, 5.41) is 7.64. The Hall–Kier alpha value is -2.29. The number of anilines is 1. The average Bonchev–Trinajstić information content (AvgIpc) is 2.71. The van der Waals surface area contributed by atoms with E-state index in [-0.39, 0.29) is 18.1 Å². The molecule has 0 aromatic heterocycles. The largest absolute Gasteiger partial charge is 0.501 e. The fourth-order valence-corrected chi connectivity index (χ4v) is 5.13. The molecule has 0 saturated carbocycles. The van der Waals surface area contributed by atoms with Crippen LogP contribution in [0.1, 0.15) is 6.42 Å². The maximum atomic E-state index is 13.3. The van der Waals surface area contributed by atoms with E-state index >= 15 is 0 Å². The number of nitrogens with one attached hydrogen (secondary N) is 1. The molecule has 0 bridgehead atoms. The van der Waals surface area contributed by atoms with Gasteiger partial charge in [0.15, 0.2) is 0 Å².